The topological polar surface area (TPSA) is 12.5 Å². The first kappa shape index (κ1) is 16.6. The highest BCUT2D eigenvalue weighted by atomic mass is 35.5. The van der Waals surface area contributed by atoms with Gasteiger partial charge in [-0.15, -0.1) is 0 Å². The van der Waals surface area contributed by atoms with E-state index in [1.165, 1.54) is 51.7 Å². The number of hydrogen-bond donors (Lipinski definition) is 0. The second kappa shape index (κ2) is 9.32. The molecule has 1 aliphatic rings. The molecule has 0 saturated carbocycles. The summed E-state index contributed by atoms with van der Waals surface area (Å²) in [6.45, 7) is 7.06. The second-order valence-corrected chi connectivity index (χ2v) is 6.70. The summed E-state index contributed by atoms with van der Waals surface area (Å²) in [6.07, 6.45) is 7.81. The van der Waals surface area contributed by atoms with Gasteiger partial charge in [0.2, 0.25) is 0 Å². The lowest BCUT2D eigenvalue weighted by molar-refractivity contribution is 0.180. The largest absolute Gasteiger partial charge is 0.494 e. The Morgan fingerprint density at radius 1 is 1.24 bits per heavy atom. The summed E-state index contributed by atoms with van der Waals surface area (Å²) in [5.74, 6) is 1.77. The van der Waals surface area contributed by atoms with Crippen LogP contribution in [0.15, 0.2) is 24.3 Å². The Hall–Kier alpha value is -0.730. The molecule has 1 aliphatic heterocycles. The zero-order valence-corrected chi connectivity index (χ0v) is 13.9. The number of hydrogen-bond acceptors (Lipinski definition) is 2. The van der Waals surface area contributed by atoms with Gasteiger partial charge < -0.3 is 9.64 Å². The molecule has 3 heteroatoms. The molecule has 1 atom stereocenters. The Labute approximate surface area is 134 Å². The molecule has 0 radical (unpaired) electrons. The van der Waals surface area contributed by atoms with Crippen LogP contribution in [0.4, 0.5) is 0 Å². The molecule has 0 N–H and O–H groups in total. The van der Waals surface area contributed by atoms with Crippen molar-refractivity contribution in [1.82, 2.24) is 4.90 Å². The fourth-order valence-electron chi connectivity index (χ4n) is 3.03. The Balaban J connectivity index is 1.47. The lowest BCUT2D eigenvalue weighted by Gasteiger charge is -2.30. The molecule has 1 saturated heterocycles. The smallest absolute Gasteiger partial charge is 0.120 e. The third-order valence-corrected chi connectivity index (χ3v) is 4.41. The Bertz CT molecular complexity index is 410. The van der Waals surface area contributed by atoms with Crippen molar-refractivity contribution in [1.29, 1.82) is 0 Å². The maximum Gasteiger partial charge on any atom is 0.120 e. The Morgan fingerprint density at radius 2 is 2.10 bits per heavy atom. The Morgan fingerprint density at radius 3 is 2.90 bits per heavy atom. The SMILES string of the molecule is CC1CCCN(CCCCCCOc2cccc(Cl)c2)C1. The first-order chi connectivity index (χ1) is 10.2. The molecule has 0 aromatic heterocycles. The quantitative estimate of drug-likeness (QED) is 0.626. The van der Waals surface area contributed by atoms with E-state index in [4.69, 9.17) is 16.3 Å². The molecule has 2 rings (SSSR count). The number of piperidine rings is 1. The van der Waals surface area contributed by atoms with Crippen LogP contribution in [0.3, 0.4) is 0 Å². The van der Waals surface area contributed by atoms with Crippen molar-refractivity contribution in [2.24, 2.45) is 5.92 Å². The molecule has 0 bridgehead atoms. The first-order valence-electron chi connectivity index (χ1n) is 8.35. The van der Waals surface area contributed by atoms with E-state index in [1.54, 1.807) is 0 Å². The molecule has 0 spiro atoms. The second-order valence-electron chi connectivity index (χ2n) is 6.27. The van der Waals surface area contributed by atoms with Gasteiger partial charge in [-0.05, 0) is 62.9 Å². The van der Waals surface area contributed by atoms with Crippen LogP contribution in [0, 0.1) is 5.92 Å². The average Bonchev–Trinajstić information content (AvgIpc) is 2.46. The van der Waals surface area contributed by atoms with Crippen molar-refractivity contribution in [3.8, 4) is 5.75 Å². The van der Waals surface area contributed by atoms with Gasteiger partial charge in [0.1, 0.15) is 5.75 Å². The normalized spacial score (nSPS) is 19.6. The van der Waals surface area contributed by atoms with Gasteiger partial charge in [0, 0.05) is 11.6 Å². The van der Waals surface area contributed by atoms with Crippen LogP contribution < -0.4 is 4.74 Å². The number of halogens is 1. The fourth-order valence-corrected chi connectivity index (χ4v) is 3.21. The van der Waals surface area contributed by atoms with Crippen molar-refractivity contribution in [3.05, 3.63) is 29.3 Å². The lowest BCUT2D eigenvalue weighted by Crippen LogP contribution is -2.34. The van der Waals surface area contributed by atoms with Gasteiger partial charge in [-0.25, -0.2) is 0 Å². The molecule has 1 heterocycles. The lowest BCUT2D eigenvalue weighted by atomic mass is 10.00. The van der Waals surface area contributed by atoms with E-state index < -0.39 is 0 Å². The van der Waals surface area contributed by atoms with Gasteiger partial charge >= 0.3 is 0 Å². The number of rotatable bonds is 8. The molecule has 2 nitrogen and oxygen atoms in total. The van der Waals surface area contributed by atoms with Crippen LogP contribution in [0.2, 0.25) is 5.02 Å². The maximum absolute atomic E-state index is 5.93. The maximum atomic E-state index is 5.93. The standard InChI is InChI=1S/C18H28ClNO/c1-16-8-7-12-20(15-16)11-4-2-3-5-13-21-18-10-6-9-17(19)14-18/h6,9-10,14,16H,2-5,7-8,11-13,15H2,1H3. The van der Waals surface area contributed by atoms with Gasteiger partial charge in [-0.2, -0.15) is 0 Å². The van der Waals surface area contributed by atoms with Crippen molar-refractivity contribution < 1.29 is 4.74 Å². The van der Waals surface area contributed by atoms with E-state index in [1.807, 2.05) is 24.3 Å². The average molecular weight is 310 g/mol. The van der Waals surface area contributed by atoms with E-state index in [9.17, 15) is 0 Å². The molecule has 1 fully saturated rings. The van der Waals surface area contributed by atoms with E-state index in [0.29, 0.717) is 0 Å². The van der Waals surface area contributed by atoms with Crippen molar-refractivity contribution in [2.75, 3.05) is 26.2 Å². The van der Waals surface area contributed by atoms with Crippen LogP contribution >= 0.6 is 11.6 Å². The van der Waals surface area contributed by atoms with Crippen LogP contribution in [0.25, 0.3) is 0 Å². The minimum atomic E-state index is 0.739. The summed E-state index contributed by atoms with van der Waals surface area (Å²) < 4.78 is 5.70. The van der Waals surface area contributed by atoms with E-state index in [2.05, 4.69) is 11.8 Å². The molecule has 118 valence electrons. The third kappa shape index (κ3) is 6.71. The molecule has 0 amide bonds. The number of unbranched alkanes of at least 4 members (excludes halogenated alkanes) is 3. The van der Waals surface area contributed by atoms with Crippen molar-refractivity contribution >= 4 is 11.6 Å². The fraction of sp³-hybridized carbons (Fsp3) is 0.667. The minimum absolute atomic E-state index is 0.739. The van der Waals surface area contributed by atoms with Crippen LogP contribution in [0.5, 0.6) is 5.75 Å². The summed E-state index contributed by atoms with van der Waals surface area (Å²) >= 11 is 5.93. The van der Waals surface area contributed by atoms with Gasteiger partial charge in [0.25, 0.3) is 0 Å². The number of nitrogens with zero attached hydrogens (tertiary/aromatic N) is 1. The predicted molar refractivity (Wildman–Crippen MR) is 90.3 cm³/mol. The van der Waals surface area contributed by atoms with E-state index in [-0.39, 0.29) is 0 Å². The van der Waals surface area contributed by atoms with Crippen LogP contribution in [-0.2, 0) is 0 Å². The highest BCUT2D eigenvalue weighted by Gasteiger charge is 2.15. The summed E-state index contributed by atoms with van der Waals surface area (Å²) in [6, 6.07) is 7.63. The zero-order valence-electron chi connectivity index (χ0n) is 13.2. The Kier molecular flexibility index (Phi) is 7.38. The zero-order chi connectivity index (χ0) is 14.9. The molecule has 0 aliphatic carbocycles. The summed E-state index contributed by atoms with van der Waals surface area (Å²) in [5, 5.41) is 0.739. The van der Waals surface area contributed by atoms with E-state index >= 15 is 0 Å². The summed E-state index contributed by atoms with van der Waals surface area (Å²) in [5.41, 5.74) is 0. The van der Waals surface area contributed by atoms with Gasteiger partial charge in [0.05, 0.1) is 6.61 Å². The highest BCUT2D eigenvalue weighted by Crippen LogP contribution is 2.18. The first-order valence-corrected chi connectivity index (χ1v) is 8.72. The number of benzene rings is 1. The van der Waals surface area contributed by atoms with E-state index in [0.717, 1.165) is 29.7 Å². The molecule has 1 unspecified atom stereocenters. The van der Waals surface area contributed by atoms with Gasteiger partial charge in [0.15, 0.2) is 0 Å². The highest BCUT2D eigenvalue weighted by molar-refractivity contribution is 6.30. The van der Waals surface area contributed by atoms with Crippen molar-refractivity contribution in [3.63, 3.8) is 0 Å². The predicted octanol–water partition coefficient (Wildman–Crippen LogP) is 5.01. The monoisotopic (exact) mass is 309 g/mol. The minimum Gasteiger partial charge on any atom is -0.494 e. The third-order valence-electron chi connectivity index (χ3n) is 4.17. The number of likely N-dealkylation sites (tertiary alicyclic amines) is 1. The summed E-state index contributed by atoms with van der Waals surface area (Å²) in [7, 11) is 0. The molecule has 1 aromatic rings. The molecular formula is C18H28ClNO. The van der Waals surface area contributed by atoms with Crippen LogP contribution in [-0.4, -0.2) is 31.1 Å². The molecule has 1 aromatic carbocycles. The molecular weight excluding hydrogens is 282 g/mol. The molecule has 21 heavy (non-hydrogen) atoms. The van der Waals surface area contributed by atoms with Crippen molar-refractivity contribution in [2.45, 2.75) is 45.4 Å². The van der Waals surface area contributed by atoms with Crippen LogP contribution in [0.1, 0.15) is 45.4 Å². The summed E-state index contributed by atoms with van der Waals surface area (Å²) in [4.78, 5) is 2.64. The van der Waals surface area contributed by atoms with Gasteiger partial charge in [-0.3, -0.25) is 0 Å². The number of ether oxygens (including phenoxy) is 1. The van der Waals surface area contributed by atoms with Gasteiger partial charge in [-0.1, -0.05) is 37.4 Å².